The van der Waals surface area contributed by atoms with E-state index in [0.717, 1.165) is 25.7 Å². The van der Waals surface area contributed by atoms with E-state index in [0.29, 0.717) is 46.5 Å². The minimum absolute atomic E-state index is 0.0692. The molecule has 0 saturated heterocycles. The number of allylic oxidation sites excluding steroid dienone is 1. The number of hydrogen-bond donors (Lipinski definition) is 3. The summed E-state index contributed by atoms with van der Waals surface area (Å²) < 4.78 is 19.4. The summed E-state index contributed by atoms with van der Waals surface area (Å²) >= 11 is 1.35. The van der Waals surface area contributed by atoms with Crippen LogP contribution in [0.1, 0.15) is 233 Å². The molecule has 2 amide bonds. The monoisotopic (exact) mass is 1080 g/mol. The number of amidine groups is 1. The molecule has 3 N–H and O–H groups in total. The molecule has 0 aromatic carbocycles. The Hall–Kier alpha value is -3.87. The second-order valence-corrected chi connectivity index (χ2v) is 31.1. The number of aromatic amines is 1. The topological polar surface area (TPSA) is 165 Å². The Morgan fingerprint density at radius 2 is 1.12 bits per heavy atom. The number of anilines is 1. The maximum atomic E-state index is 15.4. The third kappa shape index (κ3) is 15.7. The minimum Gasteiger partial charge on any atom is -0.464 e. The molecule has 2 fully saturated rings. The molecule has 2 aliphatic carbocycles. The highest BCUT2D eigenvalue weighted by Crippen LogP contribution is 2.52. The highest BCUT2D eigenvalue weighted by molar-refractivity contribution is 8.00. The van der Waals surface area contributed by atoms with E-state index in [-0.39, 0.29) is 110 Å². The van der Waals surface area contributed by atoms with Gasteiger partial charge in [0.05, 0.1) is 16.4 Å². The molecule has 0 radical (unpaired) electrons. The van der Waals surface area contributed by atoms with Gasteiger partial charge in [-0.2, -0.15) is 0 Å². The van der Waals surface area contributed by atoms with Crippen molar-refractivity contribution in [3.63, 3.8) is 0 Å². The van der Waals surface area contributed by atoms with E-state index in [9.17, 15) is 14.4 Å². The van der Waals surface area contributed by atoms with Crippen LogP contribution in [0, 0.1) is 73.9 Å². The van der Waals surface area contributed by atoms with Gasteiger partial charge in [0.1, 0.15) is 41.6 Å². The summed E-state index contributed by atoms with van der Waals surface area (Å²) in [6, 6.07) is 0. The Kier molecular flexibility index (Phi) is 20.6. The number of ether oxygens (including phenoxy) is 3. The van der Waals surface area contributed by atoms with Gasteiger partial charge in [0, 0.05) is 40.5 Å². The first-order chi connectivity index (χ1) is 34.5. The fraction of sp³-hybridized carbons (Fsp3) is 0.778. The Balaban J connectivity index is 1.98. The van der Waals surface area contributed by atoms with Crippen LogP contribution in [-0.2, 0) is 33.4 Å². The van der Waals surface area contributed by atoms with Crippen LogP contribution in [0.5, 0.6) is 0 Å². The van der Waals surface area contributed by atoms with Crippen LogP contribution in [0.2, 0.25) is 0 Å². The molecule has 3 aliphatic rings. The highest BCUT2D eigenvalue weighted by Gasteiger charge is 2.51. The quantitative estimate of drug-likeness (QED) is 0.0880. The predicted molar refractivity (Wildman–Crippen MR) is 313 cm³/mol. The van der Waals surface area contributed by atoms with E-state index in [4.69, 9.17) is 19.2 Å². The lowest BCUT2D eigenvalue weighted by Crippen LogP contribution is -2.50. The SMILES string of the molecule is CCC(C)(C)C(=O)OCCSC(C)C(=O)Nc1[nH]c(C=C2N=C(NC(=O)C(C)(C)C)C(C(=O)OC3C(C(C)(C)C)CC(C)CC3C(C)(C)C)=C2C(C)C)c(C(C)C)c1C(=O)OC1C(C(C)(C)C)CC(C)CC1C(C)(C)C. The van der Waals surface area contributed by atoms with Gasteiger partial charge in [-0.15, -0.1) is 11.8 Å². The molecule has 1 aromatic heterocycles. The first-order valence-corrected chi connectivity index (χ1v) is 29.7. The van der Waals surface area contributed by atoms with Gasteiger partial charge in [0.15, 0.2) is 0 Å². The average Bonchev–Trinajstić information content (AvgIpc) is 3.81. The average molecular weight is 1080 g/mol. The number of nitrogens with one attached hydrogen (secondary N) is 3. The third-order valence-electron chi connectivity index (χ3n) is 16.7. The second-order valence-electron chi connectivity index (χ2n) is 29.7. The third-order valence-corrected chi connectivity index (χ3v) is 17.8. The van der Waals surface area contributed by atoms with E-state index >= 15 is 9.59 Å². The maximum Gasteiger partial charge on any atom is 0.342 e. The van der Waals surface area contributed by atoms with Crippen LogP contribution in [0.4, 0.5) is 5.82 Å². The minimum atomic E-state index is -0.816. The molecule has 13 heteroatoms. The Bertz CT molecular complexity index is 2320. The van der Waals surface area contributed by atoms with E-state index in [1.54, 1.807) is 6.92 Å². The van der Waals surface area contributed by atoms with Gasteiger partial charge in [0.25, 0.3) is 0 Å². The smallest absolute Gasteiger partial charge is 0.342 e. The number of hydrogen-bond acceptors (Lipinski definition) is 10. The zero-order valence-electron chi connectivity index (χ0n) is 52.0. The van der Waals surface area contributed by atoms with Gasteiger partial charge >= 0.3 is 17.9 Å². The Morgan fingerprint density at radius 3 is 1.51 bits per heavy atom. The van der Waals surface area contributed by atoms with Crippen molar-refractivity contribution in [1.29, 1.82) is 0 Å². The summed E-state index contributed by atoms with van der Waals surface area (Å²) in [5, 5.41) is 5.56. The van der Waals surface area contributed by atoms with E-state index in [1.165, 1.54) is 11.8 Å². The van der Waals surface area contributed by atoms with Crippen molar-refractivity contribution in [3.05, 3.63) is 33.7 Å². The predicted octanol–water partition coefficient (Wildman–Crippen LogP) is 15.0. The second kappa shape index (κ2) is 24.2. The normalized spacial score (nSPS) is 25.1. The molecule has 12 nitrogen and oxygen atoms in total. The number of aliphatic imine (C=N–C) groups is 1. The Labute approximate surface area is 464 Å². The van der Waals surface area contributed by atoms with Crippen molar-refractivity contribution in [2.24, 2.45) is 78.9 Å². The summed E-state index contributed by atoms with van der Waals surface area (Å²) in [5.74, 6) is -0.628. The summed E-state index contributed by atoms with van der Waals surface area (Å²) in [6.45, 7) is 52.3. The van der Waals surface area contributed by atoms with Crippen LogP contribution >= 0.6 is 11.8 Å². The molecular weight excluding hydrogens is 973 g/mol. The lowest BCUT2D eigenvalue weighted by atomic mass is 9.59. The van der Waals surface area contributed by atoms with E-state index in [2.05, 4.69) is 113 Å². The first kappa shape index (κ1) is 64.7. The van der Waals surface area contributed by atoms with Crippen LogP contribution in [0.3, 0.4) is 0 Å². The zero-order valence-corrected chi connectivity index (χ0v) is 52.8. The lowest BCUT2D eigenvalue weighted by Gasteiger charge is -2.50. The molecule has 5 atom stereocenters. The molecule has 2 saturated carbocycles. The van der Waals surface area contributed by atoms with Crippen molar-refractivity contribution < 1.29 is 38.2 Å². The zero-order chi connectivity index (χ0) is 58.2. The van der Waals surface area contributed by atoms with E-state index in [1.807, 2.05) is 75.3 Å². The number of carbonyl (C=O) groups excluding carboxylic acids is 5. The molecule has 4 rings (SSSR count). The fourth-order valence-electron chi connectivity index (χ4n) is 11.6. The molecule has 1 aliphatic heterocycles. The largest absolute Gasteiger partial charge is 0.464 e. The molecule has 76 heavy (non-hydrogen) atoms. The number of aromatic nitrogens is 1. The molecule has 0 spiro atoms. The Morgan fingerprint density at radius 1 is 0.671 bits per heavy atom. The lowest BCUT2D eigenvalue weighted by molar-refractivity contribution is -0.164. The summed E-state index contributed by atoms with van der Waals surface area (Å²) in [4.78, 5) is 80.3. The van der Waals surface area contributed by atoms with Crippen LogP contribution < -0.4 is 10.6 Å². The number of esters is 3. The number of rotatable bonds is 15. The number of nitrogens with zero attached hydrogens (tertiary/aromatic N) is 1. The van der Waals surface area contributed by atoms with Gasteiger partial charge < -0.3 is 29.8 Å². The molecular formula is C63H104N4O8S. The maximum absolute atomic E-state index is 15.4. The fourth-order valence-corrected chi connectivity index (χ4v) is 12.3. The highest BCUT2D eigenvalue weighted by atomic mass is 32.2. The van der Waals surface area contributed by atoms with Gasteiger partial charge in [-0.25, -0.2) is 14.6 Å². The number of amides is 2. The van der Waals surface area contributed by atoms with Crippen LogP contribution in [-0.4, -0.2) is 70.4 Å². The number of H-pyrrole nitrogens is 1. The molecule has 1 aromatic rings. The summed E-state index contributed by atoms with van der Waals surface area (Å²) in [5.41, 5.74) is 0.527. The van der Waals surface area contributed by atoms with Crippen molar-refractivity contribution in [1.82, 2.24) is 10.3 Å². The van der Waals surface area contributed by atoms with Gasteiger partial charge in [-0.3, -0.25) is 14.4 Å². The van der Waals surface area contributed by atoms with Crippen molar-refractivity contribution in [2.45, 2.75) is 229 Å². The van der Waals surface area contributed by atoms with Crippen LogP contribution in [0.25, 0.3) is 6.08 Å². The van der Waals surface area contributed by atoms with Crippen molar-refractivity contribution in [2.75, 3.05) is 17.7 Å². The molecule has 5 unspecified atom stereocenters. The molecule has 0 bridgehead atoms. The van der Waals surface area contributed by atoms with Gasteiger partial charge in [0.2, 0.25) is 11.8 Å². The van der Waals surface area contributed by atoms with E-state index < -0.39 is 34.1 Å². The summed E-state index contributed by atoms with van der Waals surface area (Å²) in [7, 11) is 0. The standard InChI is InChI=1S/C63H104N4O8S/c1-26-63(24,25)57(72)73-27-28-76-38(8)53(68)66-51-47(54(69)74-49-39(58(9,10)11)29-36(6)30-40(49)59(12,13)14)45(34(2)3)43(64-51)33-44-46(35(4)5)48(52(65-44)67-56(71)62(21,22)23)55(70)75-50-41(60(15,16)17)31-37(7)32-42(50)61(18,19)20/h33-42,49-50,64H,26-32H2,1-25H3,(H,66,68)(H,65,67,71). The number of carbonyl (C=O) groups is 5. The van der Waals surface area contributed by atoms with Crippen molar-refractivity contribution >= 4 is 59.2 Å². The van der Waals surface area contributed by atoms with Crippen LogP contribution in [0.15, 0.2) is 21.8 Å². The molecule has 2 heterocycles. The number of thioether (sulfide) groups is 1. The van der Waals surface area contributed by atoms with Gasteiger partial charge in [-0.05, 0) is 115 Å². The van der Waals surface area contributed by atoms with Crippen molar-refractivity contribution in [3.8, 4) is 0 Å². The molecule has 430 valence electrons. The van der Waals surface area contributed by atoms with Gasteiger partial charge in [-0.1, -0.05) is 152 Å². The summed E-state index contributed by atoms with van der Waals surface area (Å²) in [6.07, 6.45) is 5.35. The first-order valence-electron chi connectivity index (χ1n) is 28.7.